The average Bonchev–Trinajstić information content (AvgIpc) is 2.38. The normalized spacial score (nSPS) is 19.0. The molecule has 0 radical (unpaired) electrons. The molecule has 0 spiro atoms. The fourth-order valence-electron chi connectivity index (χ4n) is 2.66. The summed E-state index contributed by atoms with van der Waals surface area (Å²) in [6.07, 6.45) is 3.70. The van der Waals surface area contributed by atoms with Gasteiger partial charge in [-0.25, -0.2) is 0 Å². The molecule has 1 amide bonds. The van der Waals surface area contributed by atoms with Gasteiger partial charge in [0.1, 0.15) is 0 Å². The molecule has 1 aliphatic rings. The molecule has 0 bridgehead atoms. The van der Waals surface area contributed by atoms with Crippen LogP contribution in [0.25, 0.3) is 0 Å². The summed E-state index contributed by atoms with van der Waals surface area (Å²) in [6.45, 7) is 7.32. The van der Waals surface area contributed by atoms with Gasteiger partial charge in [0.05, 0.1) is 12.0 Å². The molecule has 2 N–H and O–H groups in total. The highest BCUT2D eigenvalue weighted by atomic mass is 16.3. The van der Waals surface area contributed by atoms with E-state index >= 15 is 0 Å². The molecule has 0 saturated carbocycles. The smallest absolute Gasteiger partial charge is 0.228 e. The zero-order valence-electron chi connectivity index (χ0n) is 11.2. The van der Waals surface area contributed by atoms with Crippen LogP contribution in [0.4, 0.5) is 0 Å². The summed E-state index contributed by atoms with van der Waals surface area (Å²) in [7, 11) is 0. The summed E-state index contributed by atoms with van der Waals surface area (Å²) in [6, 6.07) is 0. The van der Waals surface area contributed by atoms with Crippen molar-refractivity contribution >= 4 is 5.91 Å². The van der Waals surface area contributed by atoms with E-state index in [1.807, 2.05) is 4.90 Å². The minimum absolute atomic E-state index is 0.0593. The SMILES string of the molecule is CCCN(CCO)C(=O)C1(CC)CCNCC1. The summed E-state index contributed by atoms with van der Waals surface area (Å²) in [5.74, 6) is 0.248. The number of piperidine rings is 1. The Hall–Kier alpha value is -0.610. The van der Waals surface area contributed by atoms with Crippen LogP contribution in [0.5, 0.6) is 0 Å². The number of hydrogen-bond acceptors (Lipinski definition) is 3. The van der Waals surface area contributed by atoms with Crippen molar-refractivity contribution in [1.82, 2.24) is 10.2 Å². The van der Waals surface area contributed by atoms with E-state index in [4.69, 9.17) is 5.11 Å². The quantitative estimate of drug-likeness (QED) is 0.730. The Balaban J connectivity index is 2.74. The van der Waals surface area contributed by atoms with E-state index < -0.39 is 0 Å². The van der Waals surface area contributed by atoms with Crippen LogP contribution < -0.4 is 5.32 Å². The lowest BCUT2D eigenvalue weighted by Gasteiger charge is -2.39. The van der Waals surface area contributed by atoms with Crippen LogP contribution in [0.1, 0.15) is 39.5 Å². The molecule has 100 valence electrons. The number of aliphatic hydroxyl groups is 1. The monoisotopic (exact) mass is 242 g/mol. The zero-order chi connectivity index (χ0) is 12.7. The van der Waals surface area contributed by atoms with Gasteiger partial charge in [0, 0.05) is 13.1 Å². The Labute approximate surface area is 104 Å². The van der Waals surface area contributed by atoms with Gasteiger partial charge in [0.2, 0.25) is 5.91 Å². The van der Waals surface area contributed by atoms with Crippen LogP contribution in [-0.4, -0.2) is 48.7 Å². The molecule has 0 aromatic heterocycles. The fraction of sp³-hybridized carbons (Fsp3) is 0.923. The molecule has 1 rings (SSSR count). The summed E-state index contributed by atoms with van der Waals surface area (Å²) in [5.41, 5.74) is -0.185. The molecule has 1 saturated heterocycles. The van der Waals surface area contributed by atoms with Crippen molar-refractivity contribution in [3.05, 3.63) is 0 Å². The third-order valence-electron chi connectivity index (χ3n) is 3.84. The number of nitrogens with zero attached hydrogens (tertiary/aromatic N) is 1. The predicted molar refractivity (Wildman–Crippen MR) is 68.8 cm³/mol. The van der Waals surface area contributed by atoms with Crippen LogP contribution in [0.2, 0.25) is 0 Å². The second-order valence-electron chi connectivity index (χ2n) is 4.90. The average molecular weight is 242 g/mol. The van der Waals surface area contributed by atoms with Crippen molar-refractivity contribution in [1.29, 1.82) is 0 Å². The Kier molecular flexibility index (Phi) is 5.92. The predicted octanol–water partition coefficient (Wildman–Crippen LogP) is 0.997. The number of carbonyl (C=O) groups is 1. The van der Waals surface area contributed by atoms with Crippen molar-refractivity contribution in [2.45, 2.75) is 39.5 Å². The highest BCUT2D eigenvalue weighted by molar-refractivity contribution is 5.82. The first-order chi connectivity index (χ1) is 8.20. The summed E-state index contributed by atoms with van der Waals surface area (Å²) in [4.78, 5) is 14.5. The number of carbonyl (C=O) groups excluding carboxylic acids is 1. The maximum Gasteiger partial charge on any atom is 0.228 e. The van der Waals surface area contributed by atoms with Crippen molar-refractivity contribution in [3.8, 4) is 0 Å². The van der Waals surface area contributed by atoms with Gasteiger partial charge in [-0.05, 0) is 38.8 Å². The van der Waals surface area contributed by atoms with Crippen molar-refractivity contribution < 1.29 is 9.90 Å². The summed E-state index contributed by atoms with van der Waals surface area (Å²) in [5, 5.41) is 12.4. The van der Waals surface area contributed by atoms with Crippen LogP contribution in [-0.2, 0) is 4.79 Å². The Bertz CT molecular complexity index is 232. The molecule has 0 unspecified atom stereocenters. The minimum atomic E-state index is -0.185. The lowest BCUT2D eigenvalue weighted by Crippen LogP contribution is -2.50. The van der Waals surface area contributed by atoms with E-state index in [1.54, 1.807) is 0 Å². The molecule has 1 heterocycles. The minimum Gasteiger partial charge on any atom is -0.395 e. The van der Waals surface area contributed by atoms with Crippen LogP contribution >= 0.6 is 0 Å². The summed E-state index contributed by atoms with van der Waals surface area (Å²) >= 11 is 0. The number of amides is 1. The van der Waals surface area contributed by atoms with E-state index in [2.05, 4.69) is 19.2 Å². The molecular weight excluding hydrogens is 216 g/mol. The molecular formula is C13H26N2O2. The zero-order valence-corrected chi connectivity index (χ0v) is 11.2. The standard InChI is InChI=1S/C13H26N2O2/c1-3-9-15(10-11-16)12(17)13(4-2)5-7-14-8-6-13/h14,16H,3-11H2,1-2H3. The van der Waals surface area contributed by atoms with Gasteiger partial charge in [-0.2, -0.15) is 0 Å². The Morgan fingerprint density at radius 2 is 1.94 bits per heavy atom. The van der Waals surface area contributed by atoms with Gasteiger partial charge in [-0.15, -0.1) is 0 Å². The number of nitrogens with one attached hydrogen (secondary N) is 1. The highest BCUT2D eigenvalue weighted by Gasteiger charge is 2.39. The van der Waals surface area contributed by atoms with E-state index in [0.717, 1.165) is 45.3 Å². The molecule has 0 aliphatic carbocycles. The number of rotatable bonds is 6. The van der Waals surface area contributed by atoms with Gasteiger partial charge in [0.25, 0.3) is 0 Å². The lowest BCUT2D eigenvalue weighted by atomic mass is 9.75. The third-order valence-corrected chi connectivity index (χ3v) is 3.84. The van der Waals surface area contributed by atoms with Crippen molar-refractivity contribution in [2.24, 2.45) is 5.41 Å². The second-order valence-corrected chi connectivity index (χ2v) is 4.90. The van der Waals surface area contributed by atoms with Gasteiger partial charge in [-0.1, -0.05) is 13.8 Å². The van der Waals surface area contributed by atoms with Crippen LogP contribution in [0.15, 0.2) is 0 Å². The van der Waals surface area contributed by atoms with Gasteiger partial charge in [-0.3, -0.25) is 4.79 Å². The first-order valence-electron chi connectivity index (χ1n) is 6.81. The van der Waals surface area contributed by atoms with E-state index in [1.165, 1.54) is 0 Å². The molecule has 4 heteroatoms. The molecule has 1 fully saturated rings. The van der Waals surface area contributed by atoms with E-state index in [-0.39, 0.29) is 17.9 Å². The molecule has 17 heavy (non-hydrogen) atoms. The molecule has 0 aromatic rings. The number of hydrogen-bond donors (Lipinski definition) is 2. The highest BCUT2D eigenvalue weighted by Crippen LogP contribution is 2.34. The summed E-state index contributed by atoms with van der Waals surface area (Å²) < 4.78 is 0. The van der Waals surface area contributed by atoms with Crippen molar-refractivity contribution in [3.63, 3.8) is 0 Å². The van der Waals surface area contributed by atoms with Crippen LogP contribution in [0, 0.1) is 5.41 Å². The second kappa shape index (κ2) is 6.97. The maximum absolute atomic E-state index is 12.6. The Morgan fingerprint density at radius 3 is 2.41 bits per heavy atom. The molecule has 1 aliphatic heterocycles. The molecule has 0 atom stereocenters. The Morgan fingerprint density at radius 1 is 1.29 bits per heavy atom. The van der Waals surface area contributed by atoms with Gasteiger partial charge >= 0.3 is 0 Å². The fourth-order valence-corrected chi connectivity index (χ4v) is 2.66. The molecule has 4 nitrogen and oxygen atoms in total. The maximum atomic E-state index is 12.6. The van der Waals surface area contributed by atoms with Gasteiger partial charge in [0.15, 0.2) is 0 Å². The first-order valence-corrected chi connectivity index (χ1v) is 6.81. The topological polar surface area (TPSA) is 52.6 Å². The van der Waals surface area contributed by atoms with E-state index in [9.17, 15) is 4.79 Å². The first kappa shape index (κ1) is 14.5. The molecule has 0 aromatic carbocycles. The van der Waals surface area contributed by atoms with Gasteiger partial charge < -0.3 is 15.3 Å². The van der Waals surface area contributed by atoms with Crippen LogP contribution in [0.3, 0.4) is 0 Å². The third kappa shape index (κ3) is 3.42. The number of aliphatic hydroxyl groups excluding tert-OH is 1. The van der Waals surface area contributed by atoms with Crippen molar-refractivity contribution in [2.75, 3.05) is 32.8 Å². The van der Waals surface area contributed by atoms with E-state index in [0.29, 0.717) is 6.54 Å². The lowest BCUT2D eigenvalue weighted by molar-refractivity contribution is -0.144. The largest absolute Gasteiger partial charge is 0.395 e.